The van der Waals surface area contributed by atoms with Crippen molar-refractivity contribution in [3.05, 3.63) is 71.3 Å². The van der Waals surface area contributed by atoms with Gasteiger partial charge in [0.25, 0.3) is 0 Å². The Morgan fingerprint density at radius 2 is 1.91 bits per heavy atom. The standard InChI is InChI=1S/C26H22N4O2/c27-15-16-4-7-20-17(12-16)2-1-3-22(20)28-19-6-8-23-21(14-19)26(30-29-23)18-5-9-24-25(13-18)32-11-10-31-24/h4-9,12-14,22,28H,1-3,10-11H2,(H,29,30). The van der Waals surface area contributed by atoms with Crippen LogP contribution in [-0.2, 0) is 6.42 Å². The Balaban J connectivity index is 1.34. The molecule has 6 heteroatoms. The van der Waals surface area contributed by atoms with E-state index in [0.717, 1.165) is 64.2 Å². The lowest BCUT2D eigenvalue weighted by Gasteiger charge is -2.27. The second-order valence-electron chi connectivity index (χ2n) is 8.31. The summed E-state index contributed by atoms with van der Waals surface area (Å²) in [5.41, 5.74) is 7.22. The number of rotatable bonds is 3. The van der Waals surface area contributed by atoms with Gasteiger partial charge >= 0.3 is 0 Å². The van der Waals surface area contributed by atoms with Gasteiger partial charge in [-0.3, -0.25) is 5.10 Å². The van der Waals surface area contributed by atoms with E-state index in [1.165, 1.54) is 11.1 Å². The number of hydrogen-bond donors (Lipinski definition) is 2. The summed E-state index contributed by atoms with van der Waals surface area (Å²) >= 11 is 0. The van der Waals surface area contributed by atoms with Gasteiger partial charge in [-0.15, -0.1) is 0 Å². The van der Waals surface area contributed by atoms with Crippen LogP contribution < -0.4 is 14.8 Å². The molecule has 1 aliphatic heterocycles. The molecule has 1 aromatic heterocycles. The molecule has 3 aromatic carbocycles. The number of anilines is 1. The zero-order valence-electron chi connectivity index (χ0n) is 17.5. The maximum atomic E-state index is 9.22. The molecular formula is C26H22N4O2. The predicted octanol–water partition coefficient (Wildman–Crippen LogP) is 5.36. The SMILES string of the molecule is N#Cc1ccc2c(c1)CCCC2Nc1ccc2[nH]nc(-c3ccc4c(c3)OCCO4)c2c1. The fourth-order valence-corrected chi connectivity index (χ4v) is 4.75. The number of aryl methyl sites for hydroxylation is 1. The van der Waals surface area contributed by atoms with Gasteiger partial charge in [-0.05, 0) is 78.9 Å². The van der Waals surface area contributed by atoms with Crippen LogP contribution in [0, 0.1) is 11.3 Å². The third-order valence-electron chi connectivity index (χ3n) is 6.31. The van der Waals surface area contributed by atoms with Crippen LogP contribution in [0.1, 0.15) is 35.6 Å². The number of nitrogens with zero attached hydrogens (tertiary/aromatic N) is 2. The number of hydrogen-bond acceptors (Lipinski definition) is 5. The molecule has 0 fully saturated rings. The topological polar surface area (TPSA) is 83.0 Å². The highest BCUT2D eigenvalue weighted by Gasteiger charge is 2.21. The minimum atomic E-state index is 0.230. The van der Waals surface area contributed by atoms with E-state index in [-0.39, 0.29) is 6.04 Å². The van der Waals surface area contributed by atoms with Gasteiger partial charge in [-0.2, -0.15) is 10.4 Å². The van der Waals surface area contributed by atoms with Crippen molar-refractivity contribution in [1.82, 2.24) is 10.2 Å². The number of H-pyrrole nitrogens is 1. The molecule has 0 radical (unpaired) electrons. The first-order valence-electron chi connectivity index (χ1n) is 11.0. The number of aromatic nitrogens is 2. The van der Waals surface area contributed by atoms with E-state index in [2.05, 4.69) is 45.8 Å². The third-order valence-corrected chi connectivity index (χ3v) is 6.31. The quantitative estimate of drug-likeness (QED) is 0.464. The lowest BCUT2D eigenvalue weighted by Crippen LogP contribution is -2.17. The number of ether oxygens (including phenoxy) is 2. The van der Waals surface area contributed by atoms with Crippen molar-refractivity contribution in [1.29, 1.82) is 5.26 Å². The molecule has 6 nitrogen and oxygen atoms in total. The molecule has 2 N–H and O–H groups in total. The van der Waals surface area contributed by atoms with E-state index in [1.54, 1.807) is 0 Å². The van der Waals surface area contributed by atoms with Crippen LogP contribution >= 0.6 is 0 Å². The van der Waals surface area contributed by atoms with Crippen molar-refractivity contribution in [2.45, 2.75) is 25.3 Å². The van der Waals surface area contributed by atoms with Crippen LogP contribution in [0.4, 0.5) is 5.69 Å². The first-order valence-corrected chi connectivity index (χ1v) is 11.0. The largest absolute Gasteiger partial charge is 0.486 e. The van der Waals surface area contributed by atoms with Crippen LogP contribution in [-0.4, -0.2) is 23.4 Å². The summed E-state index contributed by atoms with van der Waals surface area (Å²) in [7, 11) is 0. The predicted molar refractivity (Wildman–Crippen MR) is 123 cm³/mol. The summed E-state index contributed by atoms with van der Waals surface area (Å²) in [6.07, 6.45) is 3.20. The molecule has 0 saturated carbocycles. The molecule has 0 bridgehead atoms. The molecule has 158 valence electrons. The maximum absolute atomic E-state index is 9.22. The second-order valence-corrected chi connectivity index (χ2v) is 8.31. The molecule has 1 unspecified atom stereocenters. The zero-order valence-corrected chi connectivity index (χ0v) is 17.5. The molecule has 1 aliphatic carbocycles. The fraction of sp³-hybridized carbons (Fsp3) is 0.231. The lowest BCUT2D eigenvalue weighted by atomic mass is 9.86. The van der Waals surface area contributed by atoms with E-state index < -0.39 is 0 Å². The van der Waals surface area contributed by atoms with E-state index in [4.69, 9.17) is 9.47 Å². The molecule has 4 aromatic rings. The molecule has 2 aliphatic rings. The highest BCUT2D eigenvalue weighted by atomic mass is 16.6. The summed E-state index contributed by atoms with van der Waals surface area (Å²) in [6, 6.07) is 20.8. The molecule has 6 rings (SSSR count). The van der Waals surface area contributed by atoms with Crippen LogP contribution in [0.15, 0.2) is 54.6 Å². The first kappa shape index (κ1) is 18.8. The van der Waals surface area contributed by atoms with Crippen molar-refractivity contribution in [3.8, 4) is 28.8 Å². The third kappa shape index (κ3) is 3.23. The summed E-state index contributed by atoms with van der Waals surface area (Å²) in [5, 5.41) is 21.7. The highest BCUT2D eigenvalue weighted by molar-refractivity contribution is 5.95. The van der Waals surface area contributed by atoms with Gasteiger partial charge in [-0.1, -0.05) is 6.07 Å². The van der Waals surface area contributed by atoms with Gasteiger partial charge in [0.2, 0.25) is 0 Å². The van der Waals surface area contributed by atoms with Crippen molar-refractivity contribution < 1.29 is 9.47 Å². The van der Waals surface area contributed by atoms with Crippen molar-refractivity contribution in [2.75, 3.05) is 18.5 Å². The molecule has 0 spiro atoms. The fourth-order valence-electron chi connectivity index (χ4n) is 4.75. The van der Waals surface area contributed by atoms with Crippen LogP contribution in [0.3, 0.4) is 0 Å². The summed E-state index contributed by atoms with van der Waals surface area (Å²) in [6.45, 7) is 1.14. The minimum absolute atomic E-state index is 0.230. The van der Waals surface area contributed by atoms with E-state index in [0.29, 0.717) is 13.2 Å². The van der Waals surface area contributed by atoms with Crippen molar-refractivity contribution >= 4 is 16.6 Å². The number of aromatic amines is 1. The van der Waals surface area contributed by atoms with Crippen LogP contribution in [0.5, 0.6) is 11.5 Å². The number of nitriles is 1. The number of benzene rings is 3. The van der Waals surface area contributed by atoms with Gasteiger partial charge in [-0.25, -0.2) is 0 Å². The van der Waals surface area contributed by atoms with Crippen molar-refractivity contribution in [3.63, 3.8) is 0 Å². The van der Waals surface area contributed by atoms with Gasteiger partial charge < -0.3 is 14.8 Å². The van der Waals surface area contributed by atoms with E-state index in [1.807, 2.05) is 30.3 Å². The summed E-state index contributed by atoms with van der Waals surface area (Å²) in [5.74, 6) is 1.53. The normalized spacial score (nSPS) is 16.9. The molecule has 0 saturated heterocycles. The van der Waals surface area contributed by atoms with E-state index in [9.17, 15) is 5.26 Å². The van der Waals surface area contributed by atoms with E-state index >= 15 is 0 Å². The second kappa shape index (κ2) is 7.61. The van der Waals surface area contributed by atoms with Gasteiger partial charge in [0, 0.05) is 16.6 Å². The lowest BCUT2D eigenvalue weighted by molar-refractivity contribution is 0.171. The van der Waals surface area contributed by atoms with Crippen molar-refractivity contribution in [2.24, 2.45) is 0 Å². The Hall–Kier alpha value is -3.98. The Labute approximate surface area is 185 Å². The van der Waals surface area contributed by atoms with Crippen LogP contribution in [0.25, 0.3) is 22.2 Å². The van der Waals surface area contributed by atoms with Gasteiger partial charge in [0.05, 0.1) is 23.2 Å². The maximum Gasteiger partial charge on any atom is 0.162 e. The number of fused-ring (bicyclic) bond motifs is 3. The zero-order chi connectivity index (χ0) is 21.5. The average Bonchev–Trinajstić information content (AvgIpc) is 3.27. The minimum Gasteiger partial charge on any atom is -0.486 e. The van der Waals surface area contributed by atoms with Gasteiger partial charge in [0.1, 0.15) is 18.9 Å². The van der Waals surface area contributed by atoms with Crippen LogP contribution in [0.2, 0.25) is 0 Å². The number of nitrogens with one attached hydrogen (secondary N) is 2. The summed E-state index contributed by atoms with van der Waals surface area (Å²) < 4.78 is 11.4. The molecule has 1 atom stereocenters. The monoisotopic (exact) mass is 422 g/mol. The van der Waals surface area contributed by atoms with Gasteiger partial charge in [0.15, 0.2) is 11.5 Å². The molecular weight excluding hydrogens is 400 g/mol. The molecule has 0 amide bonds. The Morgan fingerprint density at radius 3 is 2.81 bits per heavy atom. The molecule has 2 heterocycles. The Morgan fingerprint density at radius 1 is 1.00 bits per heavy atom. The average molecular weight is 422 g/mol. The molecule has 32 heavy (non-hydrogen) atoms. The highest BCUT2D eigenvalue weighted by Crippen LogP contribution is 2.38. The first-order chi connectivity index (χ1) is 15.8. The summed E-state index contributed by atoms with van der Waals surface area (Å²) in [4.78, 5) is 0. The smallest absolute Gasteiger partial charge is 0.162 e. The Kier molecular flexibility index (Phi) is 4.46. The Bertz CT molecular complexity index is 1370.